The van der Waals surface area contributed by atoms with E-state index in [1.165, 1.54) is 9.36 Å². The standard InChI is InChI=1S/C28H26N8O4/c37-27(29-21-8-3-1-4-9-21)17-35-15-23(31-33-35)19-39-25-12-7-13-26(14-25)40-20-24-16-36(34-32-24)18-28(38)30-22-10-5-2-6-11-22/h1-16H,17-20H2,(H,29,37)(H,30,38). The molecule has 12 heteroatoms. The smallest absolute Gasteiger partial charge is 0.246 e. The maximum absolute atomic E-state index is 12.2. The maximum atomic E-state index is 12.2. The molecular weight excluding hydrogens is 512 g/mol. The molecule has 0 atom stereocenters. The summed E-state index contributed by atoms with van der Waals surface area (Å²) in [5.41, 5.74) is 2.58. The van der Waals surface area contributed by atoms with Gasteiger partial charge in [0.2, 0.25) is 11.8 Å². The number of anilines is 2. The van der Waals surface area contributed by atoms with E-state index in [1.807, 2.05) is 60.7 Å². The number of carbonyl (C=O) groups is 2. The quantitative estimate of drug-likeness (QED) is 0.247. The Balaban J connectivity index is 1.06. The molecule has 5 aromatic rings. The molecule has 3 aromatic carbocycles. The van der Waals surface area contributed by atoms with Gasteiger partial charge in [-0.1, -0.05) is 52.9 Å². The highest BCUT2D eigenvalue weighted by molar-refractivity contribution is 5.90. The largest absolute Gasteiger partial charge is 0.487 e. The molecule has 2 amide bonds. The average molecular weight is 539 g/mol. The summed E-state index contributed by atoms with van der Waals surface area (Å²) in [6.45, 7) is 0.410. The van der Waals surface area contributed by atoms with Crippen LogP contribution < -0.4 is 20.1 Å². The molecular formula is C28H26N8O4. The molecule has 0 fully saturated rings. The number of benzene rings is 3. The number of nitrogens with zero attached hydrogens (tertiary/aromatic N) is 6. The molecule has 0 bridgehead atoms. The lowest BCUT2D eigenvalue weighted by Crippen LogP contribution is -2.19. The Morgan fingerprint density at radius 2 is 1.07 bits per heavy atom. The predicted molar refractivity (Wildman–Crippen MR) is 145 cm³/mol. The van der Waals surface area contributed by atoms with Gasteiger partial charge in [0, 0.05) is 17.4 Å². The van der Waals surface area contributed by atoms with Crippen LogP contribution in [-0.2, 0) is 35.9 Å². The van der Waals surface area contributed by atoms with Crippen molar-refractivity contribution in [1.29, 1.82) is 0 Å². The van der Waals surface area contributed by atoms with E-state index >= 15 is 0 Å². The zero-order valence-electron chi connectivity index (χ0n) is 21.4. The average Bonchev–Trinajstić information content (AvgIpc) is 3.61. The van der Waals surface area contributed by atoms with E-state index in [0.717, 1.165) is 0 Å². The zero-order valence-corrected chi connectivity index (χ0v) is 21.4. The van der Waals surface area contributed by atoms with E-state index in [4.69, 9.17) is 9.47 Å². The van der Waals surface area contributed by atoms with Crippen molar-refractivity contribution in [3.8, 4) is 11.5 Å². The van der Waals surface area contributed by atoms with Gasteiger partial charge in [-0.05, 0) is 36.4 Å². The summed E-state index contributed by atoms with van der Waals surface area (Å²) in [5, 5.41) is 21.7. The number of para-hydroxylation sites is 2. The van der Waals surface area contributed by atoms with Crippen LogP contribution in [0.5, 0.6) is 11.5 Å². The van der Waals surface area contributed by atoms with Gasteiger partial charge >= 0.3 is 0 Å². The van der Waals surface area contributed by atoms with E-state index < -0.39 is 0 Å². The summed E-state index contributed by atoms with van der Waals surface area (Å²) >= 11 is 0. The second-order valence-electron chi connectivity index (χ2n) is 8.70. The molecule has 0 radical (unpaired) electrons. The minimum absolute atomic E-state index is 0.0353. The van der Waals surface area contributed by atoms with Crippen molar-refractivity contribution in [1.82, 2.24) is 30.0 Å². The Morgan fingerprint density at radius 1 is 0.625 bits per heavy atom. The molecule has 0 unspecified atom stereocenters. The summed E-state index contributed by atoms with van der Waals surface area (Å²) in [6.07, 6.45) is 3.32. The van der Waals surface area contributed by atoms with Gasteiger partial charge in [-0.25, -0.2) is 9.36 Å². The molecule has 40 heavy (non-hydrogen) atoms. The molecule has 2 N–H and O–H groups in total. The van der Waals surface area contributed by atoms with E-state index in [9.17, 15) is 9.59 Å². The van der Waals surface area contributed by atoms with Gasteiger partial charge < -0.3 is 20.1 Å². The molecule has 2 aromatic heterocycles. The van der Waals surface area contributed by atoms with Gasteiger partial charge in [-0.3, -0.25) is 9.59 Å². The predicted octanol–water partition coefficient (Wildman–Crippen LogP) is 3.31. The molecule has 5 rings (SSSR count). The number of carbonyl (C=O) groups excluding carboxylic acids is 2. The minimum Gasteiger partial charge on any atom is -0.487 e. The fraction of sp³-hybridized carbons (Fsp3) is 0.143. The molecule has 0 aliphatic rings. The first-order valence-electron chi connectivity index (χ1n) is 12.4. The van der Waals surface area contributed by atoms with Gasteiger partial charge in [0.15, 0.2) is 0 Å². The van der Waals surface area contributed by atoms with Crippen molar-refractivity contribution < 1.29 is 19.1 Å². The van der Waals surface area contributed by atoms with E-state index in [1.54, 1.807) is 36.7 Å². The summed E-state index contributed by atoms with van der Waals surface area (Å²) < 4.78 is 14.6. The Hall–Kier alpha value is -5.52. The molecule has 2 heterocycles. The highest BCUT2D eigenvalue weighted by Gasteiger charge is 2.09. The lowest BCUT2D eigenvalue weighted by Gasteiger charge is -2.08. The van der Waals surface area contributed by atoms with E-state index in [0.29, 0.717) is 34.3 Å². The van der Waals surface area contributed by atoms with Crippen molar-refractivity contribution in [2.75, 3.05) is 10.6 Å². The normalized spacial score (nSPS) is 10.6. The highest BCUT2D eigenvalue weighted by atomic mass is 16.5. The molecule has 0 saturated heterocycles. The number of hydrogen-bond acceptors (Lipinski definition) is 8. The fourth-order valence-electron chi connectivity index (χ4n) is 3.67. The maximum Gasteiger partial charge on any atom is 0.246 e. The summed E-state index contributed by atoms with van der Waals surface area (Å²) in [5.74, 6) is 0.748. The van der Waals surface area contributed by atoms with Crippen LogP contribution in [0, 0.1) is 0 Å². The first kappa shape index (κ1) is 26.1. The number of aromatic nitrogens is 6. The topological polar surface area (TPSA) is 138 Å². The molecule has 12 nitrogen and oxygen atoms in total. The van der Waals surface area contributed by atoms with E-state index in [2.05, 4.69) is 31.3 Å². The number of hydrogen-bond donors (Lipinski definition) is 2. The van der Waals surface area contributed by atoms with Crippen LogP contribution in [-0.4, -0.2) is 41.8 Å². The van der Waals surface area contributed by atoms with Gasteiger partial charge in [0.25, 0.3) is 0 Å². The summed E-state index contributed by atoms with van der Waals surface area (Å²) in [6, 6.07) is 25.6. The fourth-order valence-corrected chi connectivity index (χ4v) is 3.67. The second-order valence-corrected chi connectivity index (χ2v) is 8.70. The SMILES string of the molecule is O=C(Cn1cc(COc2cccc(OCc3cn(CC(=O)Nc4ccccc4)nn3)c2)nn1)Nc1ccccc1. The van der Waals surface area contributed by atoms with Crippen LogP contribution in [0.4, 0.5) is 11.4 Å². The van der Waals surface area contributed by atoms with Crippen LogP contribution in [0.15, 0.2) is 97.3 Å². The van der Waals surface area contributed by atoms with Gasteiger partial charge in [0.05, 0.1) is 12.4 Å². The van der Waals surface area contributed by atoms with Gasteiger partial charge in [-0.2, -0.15) is 0 Å². The number of ether oxygens (including phenoxy) is 2. The van der Waals surface area contributed by atoms with Gasteiger partial charge in [0.1, 0.15) is 49.2 Å². The van der Waals surface area contributed by atoms with Crippen molar-refractivity contribution in [3.05, 3.63) is 109 Å². The first-order chi connectivity index (χ1) is 19.6. The van der Waals surface area contributed by atoms with Crippen molar-refractivity contribution in [2.24, 2.45) is 0 Å². The van der Waals surface area contributed by atoms with Crippen LogP contribution >= 0.6 is 0 Å². The highest BCUT2D eigenvalue weighted by Crippen LogP contribution is 2.21. The van der Waals surface area contributed by atoms with Crippen LogP contribution in [0.1, 0.15) is 11.4 Å². The third kappa shape index (κ3) is 7.74. The Morgan fingerprint density at radius 3 is 1.52 bits per heavy atom. The number of rotatable bonds is 12. The lowest BCUT2D eigenvalue weighted by molar-refractivity contribution is -0.117. The zero-order chi connectivity index (χ0) is 27.6. The first-order valence-corrected chi connectivity index (χ1v) is 12.4. The summed E-state index contributed by atoms with van der Waals surface area (Å²) in [7, 11) is 0. The molecule has 0 aliphatic heterocycles. The van der Waals surface area contributed by atoms with Crippen LogP contribution in [0.3, 0.4) is 0 Å². The third-order valence-electron chi connectivity index (χ3n) is 5.48. The Kier molecular flexibility index (Phi) is 8.37. The lowest BCUT2D eigenvalue weighted by atomic mass is 10.3. The molecule has 202 valence electrons. The second kappa shape index (κ2) is 12.8. The van der Waals surface area contributed by atoms with Crippen LogP contribution in [0.2, 0.25) is 0 Å². The Labute approximate surface area is 229 Å². The van der Waals surface area contributed by atoms with Crippen LogP contribution in [0.25, 0.3) is 0 Å². The number of amides is 2. The summed E-state index contributed by atoms with van der Waals surface area (Å²) in [4.78, 5) is 24.4. The molecule has 0 spiro atoms. The third-order valence-corrected chi connectivity index (χ3v) is 5.48. The van der Waals surface area contributed by atoms with Crippen molar-refractivity contribution in [3.63, 3.8) is 0 Å². The minimum atomic E-state index is -0.205. The number of nitrogens with one attached hydrogen (secondary N) is 2. The van der Waals surface area contributed by atoms with E-state index in [-0.39, 0.29) is 38.1 Å². The molecule has 0 saturated carbocycles. The monoisotopic (exact) mass is 538 g/mol. The van der Waals surface area contributed by atoms with Crippen molar-refractivity contribution >= 4 is 23.2 Å². The molecule has 0 aliphatic carbocycles. The van der Waals surface area contributed by atoms with Crippen molar-refractivity contribution in [2.45, 2.75) is 26.3 Å². The van der Waals surface area contributed by atoms with Gasteiger partial charge in [-0.15, -0.1) is 10.2 Å². The Bertz CT molecular complexity index is 1440.